The number of esters is 2. The van der Waals surface area contributed by atoms with Gasteiger partial charge in [-0.3, -0.25) is 4.79 Å². The molecule has 3 aromatic rings. The van der Waals surface area contributed by atoms with E-state index in [0.717, 1.165) is 5.56 Å². The summed E-state index contributed by atoms with van der Waals surface area (Å²) in [5.74, 6) is -2.58. The highest BCUT2D eigenvalue weighted by Crippen LogP contribution is 2.38. The fraction of sp³-hybridized carbons (Fsp3) is 0.320. The summed E-state index contributed by atoms with van der Waals surface area (Å²) >= 11 is 0. The van der Waals surface area contributed by atoms with Gasteiger partial charge in [0.15, 0.2) is 0 Å². The third-order valence-electron chi connectivity index (χ3n) is 5.80. The van der Waals surface area contributed by atoms with Crippen LogP contribution in [-0.4, -0.2) is 39.0 Å². The largest absolute Gasteiger partial charge is 0.463 e. The third-order valence-corrected chi connectivity index (χ3v) is 7.25. The molecule has 1 atom stereocenters. The topological polar surface area (TPSA) is 112 Å². The van der Waals surface area contributed by atoms with Gasteiger partial charge in [0.25, 0.3) is 11.2 Å². The Morgan fingerprint density at radius 1 is 1.03 bits per heavy atom. The molecule has 0 saturated carbocycles. The van der Waals surface area contributed by atoms with Crippen LogP contribution in [0.4, 0.5) is 0 Å². The van der Waals surface area contributed by atoms with Crippen molar-refractivity contribution in [3.63, 3.8) is 0 Å². The predicted octanol–water partition coefficient (Wildman–Crippen LogP) is 2.43. The number of para-hydroxylation sites is 1. The molecule has 1 aliphatic heterocycles. The Kier molecular flexibility index (Phi) is 6.67. The monoisotopic (exact) mass is 483 g/mol. The van der Waals surface area contributed by atoms with Crippen molar-refractivity contribution < 1.29 is 28.4 Å². The number of ether oxygens (including phenoxy) is 2. The molecule has 2 aromatic carbocycles. The number of hydrogen-bond acceptors (Lipinski definition) is 7. The number of aliphatic hydroxyl groups is 1. The van der Waals surface area contributed by atoms with E-state index in [4.69, 9.17) is 9.47 Å². The number of pyridine rings is 1. The Morgan fingerprint density at radius 3 is 2.29 bits per heavy atom. The summed E-state index contributed by atoms with van der Waals surface area (Å²) in [6.45, 7) is 3.18. The van der Waals surface area contributed by atoms with Crippen LogP contribution in [0.25, 0.3) is 10.9 Å². The molecule has 0 saturated heterocycles. The van der Waals surface area contributed by atoms with Gasteiger partial charge in [-0.15, -0.1) is 0 Å². The van der Waals surface area contributed by atoms with Gasteiger partial charge in [-0.1, -0.05) is 36.4 Å². The first-order chi connectivity index (χ1) is 16.4. The first-order valence-corrected chi connectivity index (χ1v) is 12.2. The molecule has 1 unspecified atom stereocenters. The molecule has 178 valence electrons. The molecule has 8 nitrogen and oxygen atoms in total. The van der Waals surface area contributed by atoms with Crippen molar-refractivity contribution >= 4 is 33.6 Å². The summed E-state index contributed by atoms with van der Waals surface area (Å²) in [6.07, 6.45) is 1.37. The number of benzene rings is 2. The van der Waals surface area contributed by atoms with Crippen molar-refractivity contribution in [2.45, 2.75) is 48.6 Å². The number of aryl methyl sites for hydroxylation is 2. The molecule has 1 aromatic heterocycles. The van der Waals surface area contributed by atoms with Gasteiger partial charge < -0.3 is 19.1 Å². The maximum Gasteiger partial charge on any atom is 0.355 e. The van der Waals surface area contributed by atoms with Crippen molar-refractivity contribution in [1.29, 1.82) is 0 Å². The van der Waals surface area contributed by atoms with Crippen LogP contribution in [0, 0.1) is 0 Å². The predicted molar refractivity (Wildman–Crippen MR) is 125 cm³/mol. The van der Waals surface area contributed by atoms with Gasteiger partial charge in [-0.2, -0.15) is 0 Å². The highest BCUT2D eigenvalue weighted by Gasteiger charge is 2.53. The van der Waals surface area contributed by atoms with Gasteiger partial charge in [0.05, 0.1) is 29.5 Å². The second-order valence-corrected chi connectivity index (χ2v) is 9.23. The number of rotatable bonds is 7. The number of hydrogen-bond donors (Lipinski definition) is 1. The minimum absolute atomic E-state index is 0.127. The van der Waals surface area contributed by atoms with E-state index in [1.54, 1.807) is 42.5 Å². The zero-order chi connectivity index (χ0) is 24.5. The van der Waals surface area contributed by atoms with Crippen LogP contribution in [0.5, 0.6) is 0 Å². The maximum absolute atomic E-state index is 13.8. The zero-order valence-electron chi connectivity index (χ0n) is 18.9. The van der Waals surface area contributed by atoms with E-state index >= 15 is 0 Å². The van der Waals surface area contributed by atoms with Crippen LogP contribution in [-0.2, 0) is 48.4 Å². The molecule has 34 heavy (non-hydrogen) atoms. The molecule has 4 rings (SSSR count). The van der Waals surface area contributed by atoms with Gasteiger partial charge >= 0.3 is 11.9 Å². The van der Waals surface area contributed by atoms with Crippen molar-refractivity contribution in [1.82, 2.24) is 4.57 Å². The first-order valence-electron chi connectivity index (χ1n) is 11.1. The standard InChI is InChI=1S/C25H25NO7S/c1-3-32-23(28)25(30,24(29)33-4-2)19-18-14-8-10-16-11-9-15-26(20(16)18)22(27)21(19)34(31)17-12-6-5-7-13-17/h5-8,10,12-14,30H,3-4,9,11,15H2,1-2H3. The molecular formula is C25H25NO7S. The van der Waals surface area contributed by atoms with Crippen LogP contribution in [0.3, 0.4) is 0 Å². The van der Waals surface area contributed by atoms with E-state index in [0.29, 0.717) is 24.9 Å². The Morgan fingerprint density at radius 2 is 1.68 bits per heavy atom. The van der Waals surface area contributed by atoms with Crippen LogP contribution in [0.15, 0.2) is 63.1 Å². The van der Waals surface area contributed by atoms with Crippen molar-refractivity contribution in [2.75, 3.05) is 13.2 Å². The first kappa shape index (κ1) is 23.8. The van der Waals surface area contributed by atoms with Crippen LogP contribution < -0.4 is 5.56 Å². The highest BCUT2D eigenvalue weighted by molar-refractivity contribution is 7.85. The molecule has 2 heterocycles. The van der Waals surface area contributed by atoms with Gasteiger partial charge in [-0.25, -0.2) is 13.8 Å². The lowest BCUT2D eigenvalue weighted by Crippen LogP contribution is -2.48. The van der Waals surface area contributed by atoms with Crippen LogP contribution in [0.2, 0.25) is 0 Å². The summed E-state index contributed by atoms with van der Waals surface area (Å²) in [5.41, 5.74) is -2.65. The average Bonchev–Trinajstić information content (AvgIpc) is 2.86. The lowest BCUT2D eigenvalue weighted by molar-refractivity contribution is -0.185. The fourth-order valence-electron chi connectivity index (χ4n) is 4.36. The molecule has 0 fully saturated rings. The smallest absolute Gasteiger partial charge is 0.355 e. The van der Waals surface area contributed by atoms with Crippen molar-refractivity contribution in [3.8, 4) is 0 Å². The van der Waals surface area contributed by atoms with Crippen molar-refractivity contribution in [2.24, 2.45) is 0 Å². The summed E-state index contributed by atoms with van der Waals surface area (Å²) in [4.78, 5) is 40.0. The van der Waals surface area contributed by atoms with Crippen molar-refractivity contribution in [3.05, 3.63) is 70.0 Å². The van der Waals surface area contributed by atoms with E-state index in [9.17, 15) is 23.7 Å². The molecular weight excluding hydrogens is 458 g/mol. The van der Waals surface area contributed by atoms with Gasteiger partial charge in [0.1, 0.15) is 4.90 Å². The number of nitrogens with zero attached hydrogens (tertiary/aromatic N) is 1. The molecule has 0 spiro atoms. The minimum atomic E-state index is -2.99. The third kappa shape index (κ3) is 3.74. The number of carbonyl (C=O) groups excluding carboxylic acids is 2. The second-order valence-electron chi connectivity index (χ2n) is 7.81. The number of aromatic nitrogens is 1. The fourth-order valence-corrected chi connectivity index (χ4v) is 5.71. The molecule has 0 bridgehead atoms. The average molecular weight is 484 g/mol. The molecule has 1 aliphatic rings. The lowest BCUT2D eigenvalue weighted by Gasteiger charge is -2.29. The Hall–Kier alpha value is -3.30. The number of carbonyl (C=O) groups is 2. The van der Waals surface area contributed by atoms with E-state index in [1.165, 1.54) is 18.4 Å². The van der Waals surface area contributed by atoms with Gasteiger partial charge in [0, 0.05) is 22.4 Å². The molecule has 0 aliphatic carbocycles. The Bertz CT molecular complexity index is 1330. The SMILES string of the molecule is CCOC(=O)C(O)(C(=O)OCC)c1c(S(=O)c2ccccc2)c(=O)n2c3c(cccc13)CCC2. The summed E-state index contributed by atoms with van der Waals surface area (Å²) in [5, 5.41) is 12.0. The molecule has 0 radical (unpaired) electrons. The van der Waals surface area contributed by atoms with E-state index < -0.39 is 33.9 Å². The van der Waals surface area contributed by atoms with E-state index in [-0.39, 0.29) is 34.0 Å². The van der Waals surface area contributed by atoms with Gasteiger partial charge in [-0.05, 0) is 44.4 Å². The Balaban J connectivity index is 2.18. The van der Waals surface area contributed by atoms with Gasteiger partial charge in [0.2, 0.25) is 0 Å². The lowest BCUT2D eigenvalue weighted by atomic mass is 9.88. The van der Waals surface area contributed by atoms with Crippen LogP contribution in [0.1, 0.15) is 31.4 Å². The molecule has 1 N–H and O–H groups in total. The highest BCUT2D eigenvalue weighted by atomic mass is 32.2. The maximum atomic E-state index is 13.8. The van der Waals surface area contributed by atoms with E-state index in [1.807, 2.05) is 6.07 Å². The quantitative estimate of drug-likeness (QED) is 0.406. The minimum Gasteiger partial charge on any atom is -0.463 e. The second kappa shape index (κ2) is 9.52. The zero-order valence-corrected chi connectivity index (χ0v) is 19.7. The van der Waals surface area contributed by atoms with Crippen LogP contribution >= 0.6 is 0 Å². The summed E-state index contributed by atoms with van der Waals surface area (Å²) in [7, 11) is -2.12. The molecule has 0 amide bonds. The normalized spacial score (nSPS) is 14.0. The molecule has 9 heteroatoms. The van der Waals surface area contributed by atoms with E-state index in [2.05, 4.69) is 0 Å². The summed E-state index contributed by atoms with van der Waals surface area (Å²) in [6, 6.07) is 13.4. The summed E-state index contributed by atoms with van der Waals surface area (Å²) < 4.78 is 25.4. The Labute approximate surface area is 198 Å².